The first kappa shape index (κ1) is 16.6. The van der Waals surface area contributed by atoms with Gasteiger partial charge >= 0.3 is 6.09 Å². The average Bonchev–Trinajstić information content (AvgIpc) is 2.45. The van der Waals surface area contributed by atoms with E-state index in [2.05, 4.69) is 0 Å². The molecule has 4 heteroatoms. The second-order valence-electron chi connectivity index (χ2n) is 7.71. The summed E-state index contributed by atoms with van der Waals surface area (Å²) < 4.78 is 5.59. The van der Waals surface area contributed by atoms with Crippen LogP contribution in [0.1, 0.15) is 65.7 Å². The number of rotatable bonds is 2. The zero-order chi connectivity index (χ0) is 15.5. The maximum Gasteiger partial charge on any atom is 0.410 e. The van der Waals surface area contributed by atoms with Crippen LogP contribution >= 0.6 is 0 Å². The molecular weight excluding hydrogens is 266 g/mol. The number of aliphatic hydroxyl groups excluding tert-OH is 1. The zero-order valence-corrected chi connectivity index (χ0v) is 13.8. The van der Waals surface area contributed by atoms with Gasteiger partial charge in [0.2, 0.25) is 0 Å². The molecular formula is C17H31NO3. The van der Waals surface area contributed by atoms with Crippen LogP contribution in [0.3, 0.4) is 0 Å². The zero-order valence-electron chi connectivity index (χ0n) is 13.8. The van der Waals surface area contributed by atoms with E-state index in [9.17, 15) is 9.90 Å². The van der Waals surface area contributed by atoms with E-state index in [-0.39, 0.29) is 18.7 Å². The molecule has 1 N–H and O–H groups in total. The van der Waals surface area contributed by atoms with Gasteiger partial charge in [-0.15, -0.1) is 0 Å². The second-order valence-corrected chi connectivity index (χ2v) is 7.71. The monoisotopic (exact) mass is 297 g/mol. The summed E-state index contributed by atoms with van der Waals surface area (Å²) in [5.74, 6) is 0.927. The van der Waals surface area contributed by atoms with Gasteiger partial charge in [-0.1, -0.05) is 19.3 Å². The molecule has 0 radical (unpaired) electrons. The van der Waals surface area contributed by atoms with E-state index in [1.54, 1.807) is 0 Å². The van der Waals surface area contributed by atoms with Gasteiger partial charge in [-0.2, -0.15) is 0 Å². The maximum atomic E-state index is 12.5. The van der Waals surface area contributed by atoms with E-state index in [0.29, 0.717) is 11.8 Å². The van der Waals surface area contributed by atoms with Crippen LogP contribution in [0, 0.1) is 11.8 Å². The van der Waals surface area contributed by atoms with Crippen LogP contribution in [0.5, 0.6) is 0 Å². The van der Waals surface area contributed by atoms with Gasteiger partial charge in [-0.25, -0.2) is 4.79 Å². The lowest BCUT2D eigenvalue weighted by molar-refractivity contribution is -0.0133. The van der Waals surface area contributed by atoms with E-state index in [0.717, 1.165) is 19.4 Å². The summed E-state index contributed by atoms with van der Waals surface area (Å²) in [5, 5.41) is 9.48. The fourth-order valence-electron chi connectivity index (χ4n) is 3.75. The van der Waals surface area contributed by atoms with Gasteiger partial charge in [0.05, 0.1) is 0 Å². The van der Waals surface area contributed by atoms with Gasteiger partial charge in [-0.05, 0) is 58.3 Å². The second kappa shape index (κ2) is 6.99. The molecule has 122 valence electrons. The smallest absolute Gasteiger partial charge is 0.410 e. The van der Waals surface area contributed by atoms with Gasteiger partial charge in [0.25, 0.3) is 0 Å². The summed E-state index contributed by atoms with van der Waals surface area (Å²) in [6, 6.07) is 0.256. The van der Waals surface area contributed by atoms with E-state index in [1.807, 2.05) is 25.7 Å². The van der Waals surface area contributed by atoms with Crippen molar-refractivity contribution in [2.24, 2.45) is 11.8 Å². The van der Waals surface area contributed by atoms with Gasteiger partial charge in [0, 0.05) is 19.2 Å². The number of likely N-dealkylation sites (tertiary alicyclic amines) is 1. The molecule has 1 aliphatic heterocycles. The molecule has 0 bridgehead atoms. The highest BCUT2D eigenvalue weighted by Gasteiger charge is 2.38. The van der Waals surface area contributed by atoms with E-state index < -0.39 is 5.60 Å². The number of nitrogens with zero attached hydrogens (tertiary/aromatic N) is 1. The van der Waals surface area contributed by atoms with Crippen LogP contribution in [-0.2, 0) is 4.74 Å². The highest BCUT2D eigenvalue weighted by atomic mass is 16.6. The Balaban J connectivity index is 2.06. The van der Waals surface area contributed by atoms with Gasteiger partial charge in [-0.3, -0.25) is 0 Å². The molecule has 0 aromatic carbocycles. The Morgan fingerprint density at radius 1 is 1.19 bits per heavy atom. The van der Waals surface area contributed by atoms with Crippen LogP contribution < -0.4 is 0 Å². The number of hydrogen-bond acceptors (Lipinski definition) is 3. The number of aliphatic hydroxyl groups is 1. The molecule has 1 aliphatic carbocycles. The van der Waals surface area contributed by atoms with Crippen molar-refractivity contribution in [2.75, 3.05) is 13.2 Å². The third-order valence-electron chi connectivity index (χ3n) is 4.83. The van der Waals surface area contributed by atoms with Crippen molar-refractivity contribution in [3.8, 4) is 0 Å². The molecule has 21 heavy (non-hydrogen) atoms. The average molecular weight is 297 g/mol. The van der Waals surface area contributed by atoms with Crippen molar-refractivity contribution in [2.45, 2.75) is 77.4 Å². The van der Waals surface area contributed by atoms with Gasteiger partial charge < -0.3 is 14.7 Å². The van der Waals surface area contributed by atoms with Crippen LogP contribution in [0.2, 0.25) is 0 Å². The Morgan fingerprint density at radius 2 is 1.86 bits per heavy atom. The van der Waals surface area contributed by atoms with Crippen molar-refractivity contribution in [1.29, 1.82) is 0 Å². The highest BCUT2D eigenvalue weighted by Crippen LogP contribution is 2.36. The number of carbonyl (C=O) groups is 1. The van der Waals surface area contributed by atoms with Crippen molar-refractivity contribution in [3.05, 3.63) is 0 Å². The van der Waals surface area contributed by atoms with Crippen LogP contribution in [0.25, 0.3) is 0 Å². The van der Waals surface area contributed by atoms with Crippen molar-refractivity contribution >= 4 is 6.09 Å². The minimum Gasteiger partial charge on any atom is -0.444 e. The minimum absolute atomic E-state index is 0.172. The predicted octanol–water partition coefficient (Wildman–Crippen LogP) is 3.57. The molecule has 2 unspecified atom stereocenters. The van der Waals surface area contributed by atoms with E-state index in [4.69, 9.17) is 4.74 Å². The first-order valence-electron chi connectivity index (χ1n) is 8.51. The van der Waals surface area contributed by atoms with Gasteiger partial charge in [0.15, 0.2) is 0 Å². The third kappa shape index (κ3) is 4.60. The molecule has 4 nitrogen and oxygen atoms in total. The molecule has 0 aromatic heterocycles. The van der Waals surface area contributed by atoms with Crippen molar-refractivity contribution < 1.29 is 14.6 Å². The number of piperidine rings is 1. The highest BCUT2D eigenvalue weighted by molar-refractivity contribution is 5.68. The fourth-order valence-corrected chi connectivity index (χ4v) is 3.75. The van der Waals surface area contributed by atoms with Crippen LogP contribution in [0.4, 0.5) is 4.79 Å². The number of amides is 1. The van der Waals surface area contributed by atoms with Crippen LogP contribution in [-0.4, -0.2) is 40.9 Å². The SMILES string of the molecule is CC(C)(C)OC(=O)N1CCC(CO)CC1C1CCCCC1. The first-order chi connectivity index (χ1) is 9.90. The Morgan fingerprint density at radius 3 is 2.43 bits per heavy atom. The first-order valence-corrected chi connectivity index (χ1v) is 8.51. The lowest BCUT2D eigenvalue weighted by Crippen LogP contribution is -2.51. The van der Waals surface area contributed by atoms with Gasteiger partial charge in [0.1, 0.15) is 5.60 Å². The Hall–Kier alpha value is -0.770. The lowest BCUT2D eigenvalue weighted by Gasteiger charge is -2.44. The minimum atomic E-state index is -0.442. The Kier molecular flexibility index (Phi) is 5.53. The molecule has 1 saturated carbocycles. The summed E-state index contributed by atoms with van der Waals surface area (Å²) >= 11 is 0. The number of carbonyl (C=O) groups excluding carboxylic acids is 1. The molecule has 2 aliphatic rings. The molecule has 0 aromatic rings. The summed E-state index contributed by atoms with van der Waals surface area (Å²) in [7, 11) is 0. The van der Waals surface area contributed by atoms with Crippen molar-refractivity contribution in [3.63, 3.8) is 0 Å². The molecule has 1 saturated heterocycles. The predicted molar refractivity (Wildman–Crippen MR) is 83.1 cm³/mol. The number of hydrogen-bond donors (Lipinski definition) is 1. The summed E-state index contributed by atoms with van der Waals surface area (Å²) in [4.78, 5) is 14.5. The third-order valence-corrected chi connectivity index (χ3v) is 4.83. The molecule has 2 fully saturated rings. The van der Waals surface area contributed by atoms with Crippen molar-refractivity contribution in [1.82, 2.24) is 4.90 Å². The Labute approximate surface area is 128 Å². The normalized spacial score (nSPS) is 28.5. The summed E-state index contributed by atoms with van der Waals surface area (Å²) in [5.41, 5.74) is -0.442. The standard InChI is InChI=1S/C17H31NO3/c1-17(2,3)21-16(20)18-10-9-13(12-19)11-15(18)14-7-5-4-6-8-14/h13-15,19H,4-12H2,1-3H3. The Bertz CT molecular complexity index is 344. The molecule has 2 rings (SSSR count). The quantitative estimate of drug-likeness (QED) is 0.847. The molecule has 2 atom stereocenters. The molecule has 0 spiro atoms. The summed E-state index contributed by atoms with van der Waals surface area (Å²) in [6.07, 6.45) is 7.93. The fraction of sp³-hybridized carbons (Fsp3) is 0.941. The lowest BCUT2D eigenvalue weighted by atomic mass is 9.77. The largest absolute Gasteiger partial charge is 0.444 e. The summed E-state index contributed by atoms with van der Waals surface area (Å²) in [6.45, 7) is 6.72. The van der Waals surface area contributed by atoms with E-state index in [1.165, 1.54) is 32.1 Å². The van der Waals surface area contributed by atoms with E-state index >= 15 is 0 Å². The molecule has 1 amide bonds. The number of ether oxygens (including phenoxy) is 1. The van der Waals surface area contributed by atoms with Crippen LogP contribution in [0.15, 0.2) is 0 Å². The maximum absolute atomic E-state index is 12.5. The molecule has 1 heterocycles. The topological polar surface area (TPSA) is 49.8 Å².